The van der Waals surface area contributed by atoms with E-state index in [2.05, 4.69) is 0 Å². The van der Waals surface area contributed by atoms with Crippen LogP contribution in [0.4, 0.5) is 0 Å². The van der Waals surface area contributed by atoms with Crippen molar-refractivity contribution in [2.45, 2.75) is 51.0 Å². The number of hydrogen-bond donors (Lipinski definition) is 0. The third-order valence-corrected chi connectivity index (χ3v) is 3.24. The van der Waals surface area contributed by atoms with E-state index in [1.807, 2.05) is 0 Å². The van der Waals surface area contributed by atoms with Crippen LogP contribution in [0.5, 0.6) is 0 Å². The van der Waals surface area contributed by atoms with E-state index in [-0.39, 0.29) is 11.9 Å². The van der Waals surface area contributed by atoms with Gasteiger partial charge >= 0.3 is 0 Å². The van der Waals surface area contributed by atoms with Crippen LogP contribution >= 0.6 is 0 Å². The summed E-state index contributed by atoms with van der Waals surface area (Å²) in [7, 11) is 1.48. The summed E-state index contributed by atoms with van der Waals surface area (Å²) in [6.45, 7) is 5.05. The van der Waals surface area contributed by atoms with Crippen molar-refractivity contribution >= 4 is 12.2 Å². The lowest BCUT2D eigenvalue weighted by atomic mass is 10.1. The van der Waals surface area contributed by atoms with Gasteiger partial charge in [-0.2, -0.15) is 0 Å². The van der Waals surface area contributed by atoms with Gasteiger partial charge in [-0.15, -0.1) is 0 Å². The van der Waals surface area contributed by atoms with Crippen molar-refractivity contribution in [3.8, 4) is 0 Å². The first kappa shape index (κ1) is 12.5. The maximum atomic E-state index is 11.7. The molecule has 0 radical (unpaired) electrons. The van der Waals surface area contributed by atoms with Crippen LogP contribution in [0.3, 0.4) is 0 Å². The lowest BCUT2D eigenvalue weighted by Crippen LogP contribution is -2.51. The summed E-state index contributed by atoms with van der Waals surface area (Å²) in [6, 6.07) is -0.373. The minimum atomic E-state index is -0.747. The average Bonchev–Trinajstić information content (AvgIpc) is 2.68. The molecule has 2 aliphatic rings. The molecular formula is C11H17NO5. The van der Waals surface area contributed by atoms with Gasteiger partial charge < -0.3 is 23.9 Å². The number of carbonyl (C=O) groups is 2. The molecule has 1 amide bonds. The highest BCUT2D eigenvalue weighted by Gasteiger charge is 2.59. The zero-order valence-electron chi connectivity index (χ0n) is 10.4. The number of aldehydes is 1. The van der Waals surface area contributed by atoms with Crippen molar-refractivity contribution in [1.82, 2.24) is 4.90 Å². The van der Waals surface area contributed by atoms with Crippen LogP contribution in [0.2, 0.25) is 0 Å². The second kappa shape index (κ2) is 4.04. The second-order valence-corrected chi connectivity index (χ2v) is 4.75. The number of hydrogen-bond acceptors (Lipinski definition) is 5. The van der Waals surface area contributed by atoms with Gasteiger partial charge in [0.15, 0.2) is 12.6 Å². The average molecular weight is 243 g/mol. The molecule has 0 unspecified atom stereocenters. The Bertz CT molecular complexity index is 343. The van der Waals surface area contributed by atoms with Crippen molar-refractivity contribution in [3.05, 3.63) is 0 Å². The topological polar surface area (TPSA) is 65.1 Å². The van der Waals surface area contributed by atoms with Gasteiger partial charge in [0.05, 0.1) is 0 Å². The Morgan fingerprint density at radius 2 is 2.12 bits per heavy atom. The number of fused-ring (bicyclic) bond motifs is 1. The van der Waals surface area contributed by atoms with Crippen molar-refractivity contribution in [1.29, 1.82) is 0 Å². The second-order valence-electron chi connectivity index (χ2n) is 4.75. The first-order chi connectivity index (χ1) is 7.92. The SMILES string of the molecule is CO[C@H]1O[C@H](C=O)[C@@H]2OC(C)(C)N(C(C)=O)[C@H]12. The predicted molar refractivity (Wildman–Crippen MR) is 57.0 cm³/mol. The Hall–Kier alpha value is -0.980. The van der Waals surface area contributed by atoms with Crippen LogP contribution in [0.25, 0.3) is 0 Å². The Morgan fingerprint density at radius 3 is 2.59 bits per heavy atom. The molecule has 96 valence electrons. The van der Waals surface area contributed by atoms with Crippen LogP contribution in [0.15, 0.2) is 0 Å². The van der Waals surface area contributed by atoms with Gasteiger partial charge in [-0.3, -0.25) is 4.79 Å². The Kier molecular flexibility index (Phi) is 2.97. The fraction of sp³-hybridized carbons (Fsp3) is 0.818. The molecule has 4 atom stereocenters. The van der Waals surface area contributed by atoms with Crippen LogP contribution in [-0.4, -0.2) is 54.5 Å². The molecule has 0 aromatic rings. The first-order valence-electron chi connectivity index (χ1n) is 5.53. The predicted octanol–water partition coefficient (Wildman–Crippen LogP) is -0.0914. The Morgan fingerprint density at radius 1 is 1.47 bits per heavy atom. The molecule has 2 rings (SSSR count). The molecule has 0 aromatic carbocycles. The molecule has 0 saturated carbocycles. The summed E-state index contributed by atoms with van der Waals surface area (Å²) in [6.07, 6.45) is -1.08. The van der Waals surface area contributed by atoms with E-state index in [9.17, 15) is 9.59 Å². The van der Waals surface area contributed by atoms with Gasteiger partial charge in [-0.1, -0.05) is 0 Å². The summed E-state index contributed by atoms with van der Waals surface area (Å²) < 4.78 is 16.3. The number of rotatable bonds is 2. The fourth-order valence-electron chi connectivity index (χ4n) is 2.71. The Balaban J connectivity index is 2.35. The van der Waals surface area contributed by atoms with E-state index in [0.717, 1.165) is 0 Å². The number of methoxy groups -OCH3 is 1. The molecule has 6 nitrogen and oxygen atoms in total. The van der Waals surface area contributed by atoms with Gasteiger partial charge in [0, 0.05) is 14.0 Å². The van der Waals surface area contributed by atoms with E-state index in [1.165, 1.54) is 14.0 Å². The maximum absolute atomic E-state index is 11.7. The smallest absolute Gasteiger partial charge is 0.222 e. The molecular weight excluding hydrogens is 226 g/mol. The zero-order chi connectivity index (χ0) is 12.8. The summed E-state index contributed by atoms with van der Waals surface area (Å²) in [5, 5.41) is 0. The van der Waals surface area contributed by atoms with Crippen molar-refractivity contribution in [3.63, 3.8) is 0 Å². The highest BCUT2D eigenvalue weighted by atomic mass is 16.7. The molecule has 2 saturated heterocycles. The van der Waals surface area contributed by atoms with Gasteiger partial charge in [-0.25, -0.2) is 0 Å². The third kappa shape index (κ3) is 1.76. The monoisotopic (exact) mass is 243 g/mol. The summed E-state index contributed by atoms with van der Waals surface area (Å²) >= 11 is 0. The quantitative estimate of drug-likeness (QED) is 0.634. The summed E-state index contributed by atoms with van der Waals surface area (Å²) in [4.78, 5) is 24.2. The van der Waals surface area contributed by atoms with E-state index in [0.29, 0.717) is 6.29 Å². The molecule has 0 aliphatic carbocycles. The Labute approximate surface area is 99.8 Å². The van der Waals surface area contributed by atoms with Crippen molar-refractivity contribution in [2.75, 3.05) is 7.11 Å². The van der Waals surface area contributed by atoms with Crippen LogP contribution in [0, 0.1) is 0 Å². The van der Waals surface area contributed by atoms with Gasteiger partial charge in [0.25, 0.3) is 0 Å². The van der Waals surface area contributed by atoms with Crippen molar-refractivity contribution < 1.29 is 23.8 Å². The fourth-order valence-corrected chi connectivity index (χ4v) is 2.71. The largest absolute Gasteiger partial charge is 0.354 e. The number of amides is 1. The van der Waals surface area contributed by atoms with Gasteiger partial charge in [0.2, 0.25) is 5.91 Å². The highest BCUT2D eigenvalue weighted by molar-refractivity contribution is 5.75. The first-order valence-corrected chi connectivity index (χ1v) is 5.53. The molecule has 2 heterocycles. The van der Waals surface area contributed by atoms with Crippen LogP contribution in [0.1, 0.15) is 20.8 Å². The van der Waals surface area contributed by atoms with E-state index >= 15 is 0 Å². The third-order valence-electron chi connectivity index (χ3n) is 3.24. The minimum Gasteiger partial charge on any atom is -0.354 e. The minimum absolute atomic E-state index is 0.125. The van der Waals surface area contributed by atoms with Gasteiger partial charge in [-0.05, 0) is 13.8 Å². The molecule has 2 fully saturated rings. The van der Waals surface area contributed by atoms with E-state index in [4.69, 9.17) is 14.2 Å². The van der Waals surface area contributed by atoms with Gasteiger partial charge in [0.1, 0.15) is 24.0 Å². The number of ether oxygens (including phenoxy) is 3. The van der Waals surface area contributed by atoms with E-state index in [1.54, 1.807) is 18.7 Å². The molecule has 0 aromatic heterocycles. The highest BCUT2D eigenvalue weighted by Crippen LogP contribution is 2.40. The standard InChI is InChI=1S/C11H17NO5/c1-6(14)12-8-9(17-11(12,2)3)7(5-13)16-10(8)15-4/h5,7-10H,1-4H3/t7-,8+,9+,10+/m1/s1. The molecule has 17 heavy (non-hydrogen) atoms. The summed E-state index contributed by atoms with van der Waals surface area (Å²) in [5.41, 5.74) is -0.747. The zero-order valence-corrected chi connectivity index (χ0v) is 10.4. The number of nitrogens with zero attached hydrogens (tertiary/aromatic N) is 1. The number of carbonyl (C=O) groups excluding carboxylic acids is 2. The normalized spacial score (nSPS) is 39.2. The van der Waals surface area contributed by atoms with Crippen LogP contribution in [-0.2, 0) is 23.8 Å². The molecule has 0 spiro atoms. The van der Waals surface area contributed by atoms with Crippen LogP contribution < -0.4 is 0 Å². The maximum Gasteiger partial charge on any atom is 0.222 e. The molecule has 6 heteroatoms. The lowest BCUT2D eigenvalue weighted by Gasteiger charge is -2.34. The van der Waals surface area contributed by atoms with Crippen molar-refractivity contribution in [2.24, 2.45) is 0 Å². The lowest BCUT2D eigenvalue weighted by molar-refractivity contribution is -0.184. The molecule has 2 aliphatic heterocycles. The molecule has 0 bridgehead atoms. The summed E-state index contributed by atoms with van der Waals surface area (Å²) in [5.74, 6) is -0.125. The van der Waals surface area contributed by atoms with E-state index < -0.39 is 24.2 Å². The molecule has 0 N–H and O–H groups in total.